The van der Waals surface area contributed by atoms with Crippen molar-refractivity contribution in [2.24, 2.45) is 0 Å². The van der Waals surface area contributed by atoms with E-state index in [4.69, 9.17) is 9.47 Å². The third-order valence-electron chi connectivity index (χ3n) is 3.69. The van der Waals surface area contributed by atoms with E-state index in [2.05, 4.69) is 6.92 Å². The first-order chi connectivity index (χ1) is 10.3. The summed E-state index contributed by atoms with van der Waals surface area (Å²) in [6, 6.07) is 15.6. The largest absolute Gasteiger partial charge is 0.494 e. The SMILES string of the molecule is CCCOc1cccc(C2CC(O)c3ccccc3O2)c1. The summed E-state index contributed by atoms with van der Waals surface area (Å²) in [6.07, 6.45) is 0.921. The smallest absolute Gasteiger partial charge is 0.127 e. The molecule has 0 saturated carbocycles. The molecule has 3 nitrogen and oxygen atoms in total. The van der Waals surface area contributed by atoms with Crippen LogP contribution in [0, 0.1) is 0 Å². The molecule has 0 saturated heterocycles. The van der Waals surface area contributed by atoms with Crippen LogP contribution < -0.4 is 9.47 Å². The number of aliphatic hydroxyl groups excluding tert-OH is 1. The first kappa shape index (κ1) is 14.0. The van der Waals surface area contributed by atoms with Crippen LogP contribution in [0.4, 0.5) is 0 Å². The lowest BCUT2D eigenvalue weighted by Crippen LogP contribution is -2.18. The first-order valence-electron chi connectivity index (χ1n) is 7.44. The lowest BCUT2D eigenvalue weighted by atomic mass is 9.95. The summed E-state index contributed by atoms with van der Waals surface area (Å²) < 4.78 is 11.7. The molecule has 0 spiro atoms. The van der Waals surface area contributed by atoms with Crippen LogP contribution in [-0.2, 0) is 0 Å². The van der Waals surface area contributed by atoms with Crippen LogP contribution in [0.25, 0.3) is 0 Å². The fourth-order valence-electron chi connectivity index (χ4n) is 2.62. The van der Waals surface area contributed by atoms with E-state index in [-0.39, 0.29) is 6.10 Å². The van der Waals surface area contributed by atoms with E-state index in [0.717, 1.165) is 29.0 Å². The van der Waals surface area contributed by atoms with Gasteiger partial charge >= 0.3 is 0 Å². The standard InChI is InChI=1S/C18H20O3/c1-2-10-20-14-7-5-6-13(11-14)18-12-16(19)15-8-3-4-9-17(15)21-18/h3-9,11,16,18-19H,2,10,12H2,1H3. The van der Waals surface area contributed by atoms with Crippen molar-refractivity contribution in [3.63, 3.8) is 0 Å². The van der Waals surface area contributed by atoms with E-state index >= 15 is 0 Å². The van der Waals surface area contributed by atoms with Crippen LogP contribution >= 0.6 is 0 Å². The van der Waals surface area contributed by atoms with Gasteiger partial charge in [0.15, 0.2) is 0 Å². The summed E-state index contributed by atoms with van der Waals surface area (Å²) in [5.41, 5.74) is 1.91. The second-order valence-electron chi connectivity index (χ2n) is 5.32. The van der Waals surface area contributed by atoms with E-state index in [1.807, 2.05) is 48.5 Å². The number of fused-ring (bicyclic) bond motifs is 1. The maximum Gasteiger partial charge on any atom is 0.127 e. The minimum absolute atomic E-state index is 0.139. The second kappa shape index (κ2) is 6.19. The molecule has 2 aromatic rings. The number of benzene rings is 2. The molecule has 110 valence electrons. The van der Waals surface area contributed by atoms with Gasteiger partial charge in [0.1, 0.15) is 17.6 Å². The van der Waals surface area contributed by atoms with Gasteiger partial charge in [0.2, 0.25) is 0 Å². The van der Waals surface area contributed by atoms with E-state index in [1.54, 1.807) is 0 Å². The molecule has 1 N–H and O–H groups in total. The van der Waals surface area contributed by atoms with Gasteiger partial charge in [0, 0.05) is 12.0 Å². The zero-order chi connectivity index (χ0) is 14.7. The van der Waals surface area contributed by atoms with Crippen LogP contribution in [0.5, 0.6) is 11.5 Å². The molecule has 0 bridgehead atoms. The normalized spacial score (nSPS) is 20.5. The Morgan fingerprint density at radius 3 is 2.90 bits per heavy atom. The van der Waals surface area contributed by atoms with Crippen LogP contribution in [0.15, 0.2) is 48.5 Å². The molecule has 3 rings (SSSR count). The topological polar surface area (TPSA) is 38.7 Å². The number of rotatable bonds is 4. The Hall–Kier alpha value is -2.00. The number of hydrogen-bond donors (Lipinski definition) is 1. The highest BCUT2D eigenvalue weighted by Gasteiger charge is 2.27. The third-order valence-corrected chi connectivity index (χ3v) is 3.69. The predicted octanol–water partition coefficient (Wildman–Crippen LogP) is 4.03. The number of aliphatic hydroxyl groups is 1. The van der Waals surface area contributed by atoms with Crippen LogP contribution in [-0.4, -0.2) is 11.7 Å². The Labute approximate surface area is 125 Å². The molecule has 1 heterocycles. The molecule has 2 aromatic carbocycles. The highest BCUT2D eigenvalue weighted by atomic mass is 16.5. The Bertz CT molecular complexity index is 609. The summed E-state index contributed by atoms with van der Waals surface area (Å²) in [5.74, 6) is 1.62. The molecule has 1 aliphatic heterocycles. The quantitative estimate of drug-likeness (QED) is 0.921. The molecule has 0 fully saturated rings. The molecular formula is C18H20O3. The predicted molar refractivity (Wildman–Crippen MR) is 81.6 cm³/mol. The Morgan fingerprint density at radius 2 is 2.05 bits per heavy atom. The van der Waals surface area contributed by atoms with Crippen molar-refractivity contribution < 1.29 is 14.6 Å². The number of para-hydroxylation sites is 1. The summed E-state index contributed by atoms with van der Waals surface area (Å²) in [5, 5.41) is 10.3. The lowest BCUT2D eigenvalue weighted by molar-refractivity contribution is 0.0656. The van der Waals surface area contributed by atoms with E-state index < -0.39 is 6.10 Å². The van der Waals surface area contributed by atoms with Crippen molar-refractivity contribution >= 4 is 0 Å². The molecule has 3 heteroatoms. The Morgan fingerprint density at radius 1 is 1.19 bits per heavy atom. The minimum Gasteiger partial charge on any atom is -0.494 e. The molecule has 0 aliphatic carbocycles. The summed E-state index contributed by atoms with van der Waals surface area (Å²) in [6.45, 7) is 2.79. The number of ether oxygens (including phenoxy) is 2. The van der Waals surface area contributed by atoms with Gasteiger partial charge in [-0.15, -0.1) is 0 Å². The summed E-state index contributed by atoms with van der Waals surface area (Å²) >= 11 is 0. The van der Waals surface area contributed by atoms with E-state index in [0.29, 0.717) is 13.0 Å². The van der Waals surface area contributed by atoms with Crippen LogP contribution in [0.3, 0.4) is 0 Å². The fraction of sp³-hybridized carbons (Fsp3) is 0.333. The monoisotopic (exact) mass is 284 g/mol. The highest BCUT2D eigenvalue weighted by Crippen LogP contribution is 2.40. The molecule has 0 radical (unpaired) electrons. The van der Waals surface area contributed by atoms with Gasteiger partial charge < -0.3 is 14.6 Å². The molecule has 2 unspecified atom stereocenters. The molecule has 0 amide bonds. The summed E-state index contributed by atoms with van der Waals surface area (Å²) in [7, 11) is 0. The van der Waals surface area contributed by atoms with Gasteiger partial charge in [-0.1, -0.05) is 37.3 Å². The van der Waals surface area contributed by atoms with Crippen LogP contribution in [0.1, 0.15) is 43.1 Å². The van der Waals surface area contributed by atoms with Crippen molar-refractivity contribution in [2.45, 2.75) is 32.0 Å². The Balaban J connectivity index is 1.82. The highest BCUT2D eigenvalue weighted by molar-refractivity contribution is 5.39. The second-order valence-corrected chi connectivity index (χ2v) is 5.32. The van der Waals surface area contributed by atoms with Gasteiger partial charge in [0.25, 0.3) is 0 Å². The average molecular weight is 284 g/mol. The van der Waals surface area contributed by atoms with Gasteiger partial charge in [-0.05, 0) is 30.2 Å². The maximum absolute atomic E-state index is 10.3. The molecule has 21 heavy (non-hydrogen) atoms. The zero-order valence-corrected chi connectivity index (χ0v) is 12.2. The molecule has 1 aliphatic rings. The Kier molecular flexibility index (Phi) is 4.11. The maximum atomic E-state index is 10.3. The molecule has 0 aromatic heterocycles. The van der Waals surface area contributed by atoms with Gasteiger partial charge in [-0.25, -0.2) is 0 Å². The third kappa shape index (κ3) is 3.03. The first-order valence-corrected chi connectivity index (χ1v) is 7.44. The molecular weight excluding hydrogens is 264 g/mol. The lowest BCUT2D eigenvalue weighted by Gasteiger charge is -2.30. The number of hydrogen-bond acceptors (Lipinski definition) is 3. The minimum atomic E-state index is -0.486. The molecule has 2 atom stereocenters. The van der Waals surface area contributed by atoms with E-state index in [1.165, 1.54) is 0 Å². The van der Waals surface area contributed by atoms with Crippen molar-refractivity contribution in [2.75, 3.05) is 6.61 Å². The van der Waals surface area contributed by atoms with Crippen molar-refractivity contribution in [1.29, 1.82) is 0 Å². The van der Waals surface area contributed by atoms with Gasteiger partial charge in [-0.2, -0.15) is 0 Å². The van der Waals surface area contributed by atoms with Crippen LogP contribution in [0.2, 0.25) is 0 Å². The zero-order valence-electron chi connectivity index (χ0n) is 12.2. The summed E-state index contributed by atoms with van der Waals surface area (Å²) in [4.78, 5) is 0. The van der Waals surface area contributed by atoms with Crippen molar-refractivity contribution in [1.82, 2.24) is 0 Å². The fourth-order valence-corrected chi connectivity index (χ4v) is 2.62. The van der Waals surface area contributed by atoms with E-state index in [9.17, 15) is 5.11 Å². The average Bonchev–Trinajstić information content (AvgIpc) is 2.53. The van der Waals surface area contributed by atoms with Crippen molar-refractivity contribution in [3.05, 3.63) is 59.7 Å². The van der Waals surface area contributed by atoms with Gasteiger partial charge in [0.05, 0.1) is 12.7 Å². The van der Waals surface area contributed by atoms with Crippen molar-refractivity contribution in [3.8, 4) is 11.5 Å². The van der Waals surface area contributed by atoms with Gasteiger partial charge in [-0.3, -0.25) is 0 Å².